The number of hydrogen-bond donors (Lipinski definition) is 1. The highest BCUT2D eigenvalue weighted by molar-refractivity contribution is 9.10. The molecule has 0 bridgehead atoms. The molecule has 0 radical (unpaired) electrons. The van der Waals surface area contributed by atoms with Gasteiger partial charge in [0.15, 0.2) is 0 Å². The van der Waals surface area contributed by atoms with Crippen LogP contribution in [0.4, 0.5) is 0 Å². The molecule has 2 aromatic rings. The second-order valence-corrected chi connectivity index (χ2v) is 5.78. The lowest BCUT2D eigenvalue weighted by Crippen LogP contribution is -2.11. The van der Waals surface area contributed by atoms with Crippen molar-refractivity contribution in [1.29, 1.82) is 0 Å². The monoisotopic (exact) mass is 311 g/mol. The molecule has 0 amide bonds. The molecule has 0 spiro atoms. The van der Waals surface area contributed by atoms with Crippen molar-refractivity contribution in [1.82, 2.24) is 15.5 Å². The van der Waals surface area contributed by atoms with Gasteiger partial charge in [0.25, 0.3) is 0 Å². The molecule has 2 rings (SSSR count). The molecule has 1 N–H and O–H groups in total. The number of hydrogen-bond acceptors (Lipinski definition) is 4. The molecule has 3 nitrogen and oxygen atoms in total. The van der Waals surface area contributed by atoms with Gasteiger partial charge in [0.1, 0.15) is 10.0 Å². The van der Waals surface area contributed by atoms with E-state index in [0.29, 0.717) is 0 Å². The maximum absolute atomic E-state index is 4.23. The van der Waals surface area contributed by atoms with Gasteiger partial charge in [0.05, 0.1) is 0 Å². The molecule has 0 unspecified atom stereocenters. The van der Waals surface area contributed by atoms with E-state index in [9.17, 15) is 0 Å². The molecule has 0 saturated heterocycles. The Bertz CT molecular complexity index is 490. The Hall–Kier alpha value is -0.780. The second kappa shape index (κ2) is 5.71. The first-order valence-electron chi connectivity index (χ1n) is 5.49. The summed E-state index contributed by atoms with van der Waals surface area (Å²) in [6.45, 7) is 5.90. The minimum absolute atomic E-state index is 0.793. The summed E-state index contributed by atoms with van der Waals surface area (Å²) < 4.78 is 1.08. The van der Waals surface area contributed by atoms with Crippen LogP contribution in [0.15, 0.2) is 22.7 Å². The predicted octanol–water partition coefficient (Wildman–Crippen LogP) is 3.39. The summed E-state index contributed by atoms with van der Waals surface area (Å²) in [5, 5.41) is 13.7. The van der Waals surface area contributed by atoms with Crippen molar-refractivity contribution in [3.8, 4) is 10.6 Å². The Balaban J connectivity index is 2.24. The van der Waals surface area contributed by atoms with E-state index in [1.165, 1.54) is 5.56 Å². The summed E-state index contributed by atoms with van der Waals surface area (Å²) in [6.07, 6.45) is 0. The molecule has 1 aromatic carbocycles. The first-order valence-corrected chi connectivity index (χ1v) is 7.10. The first kappa shape index (κ1) is 12.7. The highest BCUT2D eigenvalue weighted by atomic mass is 79.9. The fraction of sp³-hybridized carbons (Fsp3) is 0.333. The highest BCUT2D eigenvalue weighted by Gasteiger charge is 2.07. The van der Waals surface area contributed by atoms with Crippen LogP contribution in [0.2, 0.25) is 0 Å². The minimum Gasteiger partial charge on any atom is -0.311 e. The number of nitrogens with one attached hydrogen (secondary N) is 1. The van der Waals surface area contributed by atoms with Crippen LogP contribution in [0.1, 0.15) is 17.5 Å². The Labute approximate surface area is 113 Å². The molecule has 1 aromatic heterocycles. The van der Waals surface area contributed by atoms with Crippen LogP contribution in [0.5, 0.6) is 0 Å². The zero-order chi connectivity index (χ0) is 12.3. The summed E-state index contributed by atoms with van der Waals surface area (Å²) >= 11 is 5.14. The van der Waals surface area contributed by atoms with E-state index in [1.807, 2.05) is 0 Å². The fourth-order valence-electron chi connectivity index (χ4n) is 1.53. The standard InChI is InChI=1S/C12H14BrN3S/c1-3-14-7-11-15-16-12(17-11)9-4-8(2)5-10(13)6-9/h4-6,14H,3,7H2,1-2H3. The average Bonchev–Trinajstić information content (AvgIpc) is 2.73. The van der Waals surface area contributed by atoms with Crippen molar-refractivity contribution < 1.29 is 0 Å². The number of halogens is 1. The van der Waals surface area contributed by atoms with E-state index in [-0.39, 0.29) is 0 Å². The molecule has 0 aliphatic carbocycles. The van der Waals surface area contributed by atoms with Crippen molar-refractivity contribution in [2.75, 3.05) is 6.54 Å². The predicted molar refractivity (Wildman–Crippen MR) is 75.2 cm³/mol. The lowest BCUT2D eigenvalue weighted by atomic mass is 10.1. The van der Waals surface area contributed by atoms with Crippen LogP contribution in [0.3, 0.4) is 0 Å². The van der Waals surface area contributed by atoms with Gasteiger partial charge < -0.3 is 5.32 Å². The summed E-state index contributed by atoms with van der Waals surface area (Å²) in [4.78, 5) is 0. The Morgan fingerprint density at radius 1 is 1.29 bits per heavy atom. The summed E-state index contributed by atoms with van der Waals surface area (Å²) in [5.41, 5.74) is 2.34. The van der Waals surface area contributed by atoms with Gasteiger partial charge in [-0.2, -0.15) is 0 Å². The van der Waals surface area contributed by atoms with Crippen molar-refractivity contribution in [2.45, 2.75) is 20.4 Å². The maximum Gasteiger partial charge on any atom is 0.147 e. The lowest BCUT2D eigenvalue weighted by molar-refractivity contribution is 0.715. The first-order chi connectivity index (χ1) is 8.19. The second-order valence-electron chi connectivity index (χ2n) is 3.80. The highest BCUT2D eigenvalue weighted by Crippen LogP contribution is 2.27. The molecule has 0 atom stereocenters. The van der Waals surface area contributed by atoms with Crippen LogP contribution >= 0.6 is 27.3 Å². The minimum atomic E-state index is 0.793. The van der Waals surface area contributed by atoms with Crippen LogP contribution in [0.25, 0.3) is 10.6 Å². The van der Waals surface area contributed by atoms with Crippen molar-refractivity contribution in [3.63, 3.8) is 0 Å². The smallest absolute Gasteiger partial charge is 0.147 e. The quantitative estimate of drug-likeness (QED) is 0.940. The third kappa shape index (κ3) is 3.34. The van der Waals surface area contributed by atoms with E-state index in [4.69, 9.17) is 0 Å². The zero-order valence-corrected chi connectivity index (χ0v) is 12.2. The van der Waals surface area contributed by atoms with Gasteiger partial charge in [0.2, 0.25) is 0 Å². The number of rotatable bonds is 4. The number of nitrogens with zero attached hydrogens (tertiary/aromatic N) is 2. The molecule has 90 valence electrons. The van der Waals surface area contributed by atoms with Gasteiger partial charge in [-0.15, -0.1) is 10.2 Å². The van der Waals surface area contributed by atoms with Crippen LogP contribution < -0.4 is 5.32 Å². The molecular weight excluding hydrogens is 298 g/mol. The van der Waals surface area contributed by atoms with E-state index in [2.05, 4.69) is 63.5 Å². The number of aryl methyl sites for hydroxylation is 1. The van der Waals surface area contributed by atoms with Crippen LogP contribution in [0, 0.1) is 6.92 Å². The van der Waals surface area contributed by atoms with Crippen molar-refractivity contribution >= 4 is 27.3 Å². The molecule has 0 saturated carbocycles. The zero-order valence-electron chi connectivity index (χ0n) is 9.83. The van der Waals surface area contributed by atoms with Crippen LogP contribution in [-0.4, -0.2) is 16.7 Å². The summed E-state index contributed by atoms with van der Waals surface area (Å²) in [6, 6.07) is 6.29. The molecule has 17 heavy (non-hydrogen) atoms. The topological polar surface area (TPSA) is 37.8 Å². The van der Waals surface area contributed by atoms with Crippen LogP contribution in [-0.2, 0) is 6.54 Å². The van der Waals surface area contributed by atoms with Gasteiger partial charge in [-0.3, -0.25) is 0 Å². The van der Waals surface area contributed by atoms with Gasteiger partial charge in [-0.05, 0) is 37.2 Å². The fourth-order valence-corrected chi connectivity index (χ4v) is 2.94. The largest absolute Gasteiger partial charge is 0.311 e. The summed E-state index contributed by atoms with van der Waals surface area (Å²) in [5.74, 6) is 0. The molecule has 0 aliphatic heterocycles. The number of aromatic nitrogens is 2. The molecule has 1 heterocycles. The molecular formula is C12H14BrN3S. The average molecular weight is 312 g/mol. The van der Waals surface area contributed by atoms with Gasteiger partial charge in [0, 0.05) is 16.6 Å². The molecule has 0 aliphatic rings. The van der Waals surface area contributed by atoms with Gasteiger partial charge in [-0.25, -0.2) is 0 Å². The number of benzene rings is 1. The van der Waals surface area contributed by atoms with E-state index in [0.717, 1.165) is 33.1 Å². The Morgan fingerprint density at radius 2 is 2.12 bits per heavy atom. The van der Waals surface area contributed by atoms with Gasteiger partial charge >= 0.3 is 0 Å². The Kier molecular flexibility index (Phi) is 4.25. The molecule has 5 heteroatoms. The van der Waals surface area contributed by atoms with Gasteiger partial charge in [-0.1, -0.05) is 34.2 Å². The van der Waals surface area contributed by atoms with E-state index in [1.54, 1.807) is 11.3 Å². The van der Waals surface area contributed by atoms with E-state index < -0.39 is 0 Å². The third-order valence-corrected chi connectivity index (χ3v) is 3.71. The lowest BCUT2D eigenvalue weighted by Gasteiger charge is -1.99. The maximum atomic E-state index is 4.23. The SMILES string of the molecule is CCNCc1nnc(-c2cc(C)cc(Br)c2)s1. The normalized spacial score (nSPS) is 10.8. The summed E-state index contributed by atoms with van der Waals surface area (Å²) in [7, 11) is 0. The Morgan fingerprint density at radius 3 is 2.82 bits per heavy atom. The van der Waals surface area contributed by atoms with E-state index >= 15 is 0 Å². The van der Waals surface area contributed by atoms with Crippen molar-refractivity contribution in [2.24, 2.45) is 0 Å². The van der Waals surface area contributed by atoms with Crippen molar-refractivity contribution in [3.05, 3.63) is 33.2 Å². The molecule has 0 fully saturated rings. The third-order valence-electron chi connectivity index (χ3n) is 2.28.